The lowest BCUT2D eigenvalue weighted by atomic mass is 9.76. The Kier molecular flexibility index (Phi) is 13.8. The van der Waals surface area contributed by atoms with E-state index in [4.69, 9.17) is 4.84 Å². The van der Waals surface area contributed by atoms with E-state index in [1.807, 2.05) is 78.8 Å². The Morgan fingerprint density at radius 2 is 1.51 bits per heavy atom. The molecule has 2 rings (SSSR count). The Morgan fingerprint density at radius 3 is 1.98 bits per heavy atom. The predicted molar refractivity (Wildman–Crippen MR) is 180 cm³/mol. The van der Waals surface area contributed by atoms with Crippen molar-refractivity contribution in [1.82, 2.24) is 25.9 Å². The number of carboxylic acid groups (broad SMARTS) is 1. The highest BCUT2D eigenvalue weighted by Crippen LogP contribution is 2.29. The fourth-order valence-corrected chi connectivity index (χ4v) is 5.60. The summed E-state index contributed by atoms with van der Waals surface area (Å²) in [6.45, 7) is 14.5. The molecule has 0 unspecified atom stereocenters. The van der Waals surface area contributed by atoms with Crippen molar-refractivity contribution in [3.05, 3.63) is 47.5 Å². The first-order valence-electron chi connectivity index (χ1n) is 16.2. The van der Waals surface area contributed by atoms with Crippen LogP contribution >= 0.6 is 0 Å². The van der Waals surface area contributed by atoms with E-state index in [0.717, 1.165) is 5.56 Å². The Balaban J connectivity index is 2.25. The van der Waals surface area contributed by atoms with E-state index < -0.39 is 77.0 Å². The van der Waals surface area contributed by atoms with Crippen molar-refractivity contribution < 1.29 is 43.5 Å². The molecule has 14 nitrogen and oxygen atoms in total. The lowest BCUT2D eigenvalue weighted by Crippen LogP contribution is -2.61. The maximum absolute atomic E-state index is 14.1. The Morgan fingerprint density at radius 1 is 0.959 bits per heavy atom. The monoisotopic (exact) mass is 685 g/mol. The number of hydrogen-bond donors (Lipinski definition) is 4. The average molecular weight is 686 g/mol. The van der Waals surface area contributed by atoms with Crippen molar-refractivity contribution in [3.8, 4) is 0 Å². The van der Waals surface area contributed by atoms with Gasteiger partial charge in [-0.2, -0.15) is 0 Å². The summed E-state index contributed by atoms with van der Waals surface area (Å²) in [7, 11) is 3.26. The van der Waals surface area contributed by atoms with Gasteiger partial charge in [-0.3, -0.25) is 24.0 Å². The first kappa shape index (κ1) is 40.6. The first-order valence-corrected chi connectivity index (χ1v) is 16.2. The summed E-state index contributed by atoms with van der Waals surface area (Å²) in [6, 6.07) is 5.57. The molecule has 0 radical (unpaired) electrons. The van der Waals surface area contributed by atoms with Crippen molar-refractivity contribution in [3.63, 3.8) is 0 Å². The van der Waals surface area contributed by atoms with Crippen molar-refractivity contribution in [2.75, 3.05) is 14.1 Å². The minimum atomic E-state index is -1.73. The molecule has 0 spiro atoms. The number of imide groups is 1. The number of rotatable bonds is 15. The van der Waals surface area contributed by atoms with E-state index in [-0.39, 0.29) is 30.2 Å². The molecule has 1 aliphatic rings. The molecule has 0 bridgehead atoms. The molecule has 14 heteroatoms. The maximum atomic E-state index is 14.1. The van der Waals surface area contributed by atoms with Crippen LogP contribution in [0.5, 0.6) is 0 Å². The topological polar surface area (TPSA) is 192 Å². The normalized spacial score (nSPS) is 16.5. The van der Waals surface area contributed by atoms with Crippen molar-refractivity contribution in [1.29, 1.82) is 0 Å². The highest BCUT2D eigenvalue weighted by molar-refractivity contribution is 6.02. The molecule has 1 heterocycles. The van der Waals surface area contributed by atoms with Crippen LogP contribution in [0.3, 0.4) is 0 Å². The van der Waals surface area contributed by atoms with Crippen LogP contribution in [-0.4, -0.2) is 94.8 Å². The van der Waals surface area contributed by atoms with Gasteiger partial charge in [-0.1, -0.05) is 84.9 Å². The second kappa shape index (κ2) is 16.7. The van der Waals surface area contributed by atoms with E-state index in [0.29, 0.717) is 5.06 Å². The van der Waals surface area contributed by atoms with Gasteiger partial charge in [0.25, 0.3) is 11.8 Å². The van der Waals surface area contributed by atoms with Gasteiger partial charge in [0.1, 0.15) is 12.1 Å². The van der Waals surface area contributed by atoms with Crippen molar-refractivity contribution in [2.45, 2.75) is 104 Å². The molecule has 49 heavy (non-hydrogen) atoms. The number of carboxylic acids is 1. The SMILES string of the molecule is CN[C@H](C(=O)N[C@H](C(=O)N(C)[C@H](/C=C(\C)C(=O)N[C@@H](CC(=O)ON1C(=O)CCC1=O)C(=O)O)C(C)C)C(C)(C)C)C(C)(C)c1ccccc1. The zero-order chi connectivity index (χ0) is 37.4. The number of hydrogen-bond acceptors (Lipinski definition) is 9. The van der Waals surface area contributed by atoms with Gasteiger partial charge in [0, 0.05) is 30.9 Å². The van der Waals surface area contributed by atoms with Crippen LogP contribution in [0.2, 0.25) is 0 Å². The van der Waals surface area contributed by atoms with Crippen molar-refractivity contribution in [2.24, 2.45) is 11.3 Å². The maximum Gasteiger partial charge on any atom is 0.335 e. The molecular formula is C35H51N5O9. The number of aliphatic carboxylic acids is 1. The van der Waals surface area contributed by atoms with Crippen LogP contribution in [0.4, 0.5) is 0 Å². The summed E-state index contributed by atoms with van der Waals surface area (Å²) in [6.07, 6.45) is 0.413. The van der Waals surface area contributed by atoms with Crippen LogP contribution in [-0.2, 0) is 43.8 Å². The molecule has 1 aromatic carbocycles. The number of amides is 5. The average Bonchev–Trinajstić information content (AvgIpc) is 3.33. The van der Waals surface area contributed by atoms with Crippen LogP contribution in [0.1, 0.15) is 80.2 Å². The Bertz CT molecular complexity index is 1430. The zero-order valence-corrected chi connectivity index (χ0v) is 30.1. The fraction of sp³-hybridized carbons (Fsp3) is 0.571. The van der Waals surface area contributed by atoms with Crippen LogP contribution in [0, 0.1) is 11.3 Å². The lowest BCUT2D eigenvalue weighted by molar-refractivity contribution is -0.198. The summed E-state index contributed by atoms with van der Waals surface area (Å²) < 4.78 is 0. The molecule has 5 amide bonds. The minimum Gasteiger partial charge on any atom is -0.480 e. The summed E-state index contributed by atoms with van der Waals surface area (Å²) in [5.41, 5.74) is -0.322. The molecular weight excluding hydrogens is 634 g/mol. The minimum absolute atomic E-state index is 0.0686. The molecule has 270 valence electrons. The van der Waals surface area contributed by atoms with Gasteiger partial charge in [-0.25, -0.2) is 9.59 Å². The summed E-state index contributed by atoms with van der Waals surface area (Å²) in [4.78, 5) is 94.9. The van der Waals surface area contributed by atoms with E-state index in [1.54, 1.807) is 14.1 Å². The van der Waals surface area contributed by atoms with Crippen LogP contribution in [0.15, 0.2) is 42.0 Å². The smallest absolute Gasteiger partial charge is 0.335 e. The molecule has 1 aliphatic heterocycles. The van der Waals surface area contributed by atoms with Gasteiger partial charge in [0.05, 0.1) is 18.5 Å². The number of carbonyl (C=O) groups is 7. The highest BCUT2D eigenvalue weighted by atomic mass is 16.7. The third-order valence-electron chi connectivity index (χ3n) is 8.62. The van der Waals surface area contributed by atoms with Gasteiger partial charge in [0.15, 0.2) is 0 Å². The van der Waals surface area contributed by atoms with Gasteiger partial charge in [0.2, 0.25) is 17.7 Å². The predicted octanol–water partition coefficient (Wildman–Crippen LogP) is 2.08. The second-order valence-corrected chi connectivity index (χ2v) is 14.3. The van der Waals surface area contributed by atoms with Gasteiger partial charge in [-0.05, 0) is 30.9 Å². The summed E-state index contributed by atoms with van der Waals surface area (Å²) in [5.74, 6) is -5.96. The summed E-state index contributed by atoms with van der Waals surface area (Å²) >= 11 is 0. The molecule has 4 N–H and O–H groups in total. The van der Waals surface area contributed by atoms with Crippen molar-refractivity contribution >= 4 is 41.5 Å². The van der Waals surface area contributed by atoms with E-state index in [1.165, 1.54) is 17.9 Å². The zero-order valence-electron chi connectivity index (χ0n) is 30.1. The molecule has 4 atom stereocenters. The quantitative estimate of drug-likeness (QED) is 0.157. The molecule has 1 saturated heterocycles. The van der Waals surface area contributed by atoms with E-state index in [9.17, 15) is 38.7 Å². The molecule has 1 fully saturated rings. The number of nitrogens with one attached hydrogen (secondary N) is 3. The third-order valence-corrected chi connectivity index (χ3v) is 8.62. The molecule has 1 aromatic rings. The second-order valence-electron chi connectivity index (χ2n) is 14.3. The lowest BCUT2D eigenvalue weighted by Gasteiger charge is -2.40. The molecule has 0 aromatic heterocycles. The van der Waals surface area contributed by atoms with Gasteiger partial charge in [-0.15, -0.1) is 5.06 Å². The van der Waals surface area contributed by atoms with E-state index in [2.05, 4.69) is 16.0 Å². The van der Waals surface area contributed by atoms with E-state index >= 15 is 0 Å². The largest absolute Gasteiger partial charge is 0.480 e. The number of hydroxylamine groups is 2. The Labute approximate surface area is 287 Å². The van der Waals surface area contributed by atoms with Gasteiger partial charge >= 0.3 is 11.9 Å². The van der Waals surface area contributed by atoms with Crippen LogP contribution in [0.25, 0.3) is 0 Å². The fourth-order valence-electron chi connectivity index (χ4n) is 5.60. The highest BCUT2D eigenvalue weighted by Gasteiger charge is 2.42. The molecule has 0 saturated carbocycles. The molecule has 0 aliphatic carbocycles. The van der Waals surface area contributed by atoms with Crippen LogP contribution < -0.4 is 16.0 Å². The number of benzene rings is 1. The number of carbonyl (C=O) groups excluding carboxylic acids is 6. The van der Waals surface area contributed by atoms with Gasteiger partial charge < -0.3 is 30.8 Å². The Hall–Kier alpha value is -4.59. The summed E-state index contributed by atoms with van der Waals surface area (Å²) in [5, 5.41) is 18.3. The first-order chi connectivity index (χ1) is 22.6. The standard InChI is InChI=1S/C35H51N5O9/c1-20(2)24(18-21(3)30(44)37-23(33(47)48)19-27(43)49-40-25(41)16-17-26(40)42)39(10)32(46)29(34(4,5)6)38-31(45)28(36-9)35(7,8)22-14-12-11-13-15-22/h11-15,18,20,23-24,28-29,36H,16-17,19H2,1-10H3,(H,37,44)(H,38,45)(H,47,48)/b21-18+/t23-,24+,28+,29+/m0/s1. The number of nitrogens with zero attached hydrogens (tertiary/aromatic N) is 2. The third kappa shape index (κ3) is 10.4. The number of likely N-dealkylation sites (N-methyl/N-ethyl adjacent to an activating group) is 2.